The molecule has 1 atom stereocenters. The summed E-state index contributed by atoms with van der Waals surface area (Å²) >= 11 is 0. The van der Waals surface area contributed by atoms with Gasteiger partial charge >= 0.3 is 6.18 Å². The second kappa shape index (κ2) is 4.97. The molecule has 0 radical (unpaired) electrons. The zero-order valence-corrected chi connectivity index (χ0v) is 9.46. The van der Waals surface area contributed by atoms with Crippen LogP contribution in [0.4, 0.5) is 18.9 Å². The summed E-state index contributed by atoms with van der Waals surface area (Å²) in [7, 11) is 0. The molecular formula is C12H12F3NO2. The Hall–Kier alpha value is -1.56. The zero-order valence-electron chi connectivity index (χ0n) is 9.46. The molecule has 1 aliphatic rings. The van der Waals surface area contributed by atoms with Crippen molar-refractivity contribution in [3.8, 4) is 0 Å². The minimum atomic E-state index is -4.36. The molecule has 0 bridgehead atoms. The molecule has 0 aromatic heterocycles. The molecule has 1 heterocycles. The van der Waals surface area contributed by atoms with Crippen molar-refractivity contribution in [2.24, 2.45) is 0 Å². The summed E-state index contributed by atoms with van der Waals surface area (Å²) in [6.45, 7) is 0.547. The first kappa shape index (κ1) is 12.9. The molecule has 0 spiro atoms. The molecule has 0 unspecified atom stereocenters. The monoisotopic (exact) mass is 259 g/mol. The van der Waals surface area contributed by atoms with Crippen molar-refractivity contribution in [2.45, 2.75) is 25.1 Å². The van der Waals surface area contributed by atoms with Crippen molar-refractivity contribution in [3.63, 3.8) is 0 Å². The van der Waals surface area contributed by atoms with E-state index in [1.807, 2.05) is 0 Å². The van der Waals surface area contributed by atoms with Crippen molar-refractivity contribution in [2.75, 3.05) is 11.9 Å². The lowest BCUT2D eigenvalue weighted by atomic mass is 10.2. The Morgan fingerprint density at radius 2 is 1.94 bits per heavy atom. The fourth-order valence-corrected chi connectivity index (χ4v) is 1.75. The molecule has 1 amide bonds. The van der Waals surface area contributed by atoms with Gasteiger partial charge in [0.05, 0.1) is 5.56 Å². The number of hydrogen-bond donors (Lipinski definition) is 1. The minimum Gasteiger partial charge on any atom is -0.368 e. The SMILES string of the molecule is O=C(Nc1ccc(C(F)(F)F)cc1)[C@H]1CCCO1. The lowest BCUT2D eigenvalue weighted by Crippen LogP contribution is -2.26. The first-order valence-electron chi connectivity index (χ1n) is 5.56. The number of nitrogens with one attached hydrogen (secondary N) is 1. The van der Waals surface area contributed by atoms with Gasteiger partial charge in [0.2, 0.25) is 0 Å². The maximum Gasteiger partial charge on any atom is 0.416 e. The Bertz CT molecular complexity index is 422. The average Bonchev–Trinajstić information content (AvgIpc) is 2.82. The predicted molar refractivity (Wildman–Crippen MR) is 59.0 cm³/mol. The first-order valence-corrected chi connectivity index (χ1v) is 5.56. The summed E-state index contributed by atoms with van der Waals surface area (Å²) < 4.78 is 42.1. The largest absolute Gasteiger partial charge is 0.416 e. The number of rotatable bonds is 2. The van der Waals surface area contributed by atoms with Gasteiger partial charge in [0.1, 0.15) is 6.10 Å². The second-order valence-corrected chi connectivity index (χ2v) is 4.07. The van der Waals surface area contributed by atoms with Crippen LogP contribution in [0, 0.1) is 0 Å². The summed E-state index contributed by atoms with van der Waals surface area (Å²) in [5.74, 6) is -0.313. The second-order valence-electron chi connectivity index (χ2n) is 4.07. The normalized spacial score (nSPS) is 19.8. The Labute approximate surface area is 102 Å². The van der Waals surface area contributed by atoms with Gasteiger partial charge in [-0.25, -0.2) is 0 Å². The molecule has 1 aromatic carbocycles. The third-order valence-electron chi connectivity index (χ3n) is 2.70. The van der Waals surface area contributed by atoms with Gasteiger partial charge < -0.3 is 10.1 Å². The average molecular weight is 259 g/mol. The number of hydrogen-bond acceptors (Lipinski definition) is 2. The van der Waals surface area contributed by atoms with Crippen LogP contribution in [0.15, 0.2) is 24.3 Å². The van der Waals surface area contributed by atoms with Gasteiger partial charge in [0, 0.05) is 12.3 Å². The molecular weight excluding hydrogens is 247 g/mol. The maximum atomic E-state index is 12.3. The van der Waals surface area contributed by atoms with Crippen molar-refractivity contribution >= 4 is 11.6 Å². The zero-order chi connectivity index (χ0) is 13.2. The fourth-order valence-electron chi connectivity index (χ4n) is 1.75. The molecule has 6 heteroatoms. The van der Waals surface area contributed by atoms with E-state index in [9.17, 15) is 18.0 Å². The highest BCUT2D eigenvalue weighted by Gasteiger charge is 2.30. The van der Waals surface area contributed by atoms with Crippen LogP contribution in [0.2, 0.25) is 0 Å². The van der Waals surface area contributed by atoms with Gasteiger partial charge in [-0.15, -0.1) is 0 Å². The number of benzene rings is 1. The Balaban J connectivity index is 2.00. The number of carbonyl (C=O) groups is 1. The van der Waals surface area contributed by atoms with Crippen LogP contribution in [0.3, 0.4) is 0 Å². The van der Waals surface area contributed by atoms with Crippen LogP contribution in [-0.2, 0) is 15.7 Å². The number of amides is 1. The topological polar surface area (TPSA) is 38.3 Å². The van der Waals surface area contributed by atoms with E-state index in [-0.39, 0.29) is 5.91 Å². The van der Waals surface area contributed by atoms with Gasteiger partial charge in [0.15, 0.2) is 0 Å². The maximum absolute atomic E-state index is 12.3. The highest BCUT2D eigenvalue weighted by molar-refractivity contribution is 5.94. The Kier molecular flexibility index (Phi) is 3.56. The molecule has 0 saturated carbocycles. The van der Waals surface area contributed by atoms with Crippen molar-refractivity contribution in [1.82, 2.24) is 0 Å². The lowest BCUT2D eigenvalue weighted by Gasteiger charge is -2.11. The number of carbonyl (C=O) groups excluding carboxylic acids is 1. The van der Waals surface area contributed by atoms with E-state index in [0.717, 1.165) is 18.6 Å². The van der Waals surface area contributed by atoms with Crippen LogP contribution in [0.1, 0.15) is 18.4 Å². The quantitative estimate of drug-likeness (QED) is 0.886. The molecule has 1 aliphatic heterocycles. The molecule has 2 rings (SSSR count). The minimum absolute atomic E-state index is 0.313. The van der Waals surface area contributed by atoms with Gasteiger partial charge in [-0.1, -0.05) is 0 Å². The van der Waals surface area contributed by atoms with E-state index in [4.69, 9.17) is 4.74 Å². The van der Waals surface area contributed by atoms with E-state index in [1.165, 1.54) is 12.1 Å². The smallest absolute Gasteiger partial charge is 0.368 e. The lowest BCUT2D eigenvalue weighted by molar-refractivity contribution is -0.137. The van der Waals surface area contributed by atoms with Gasteiger partial charge in [-0.2, -0.15) is 13.2 Å². The van der Waals surface area contributed by atoms with E-state index < -0.39 is 17.8 Å². The van der Waals surface area contributed by atoms with Crippen LogP contribution in [-0.4, -0.2) is 18.6 Å². The first-order chi connectivity index (χ1) is 8.47. The summed E-state index contributed by atoms with van der Waals surface area (Å²) in [4.78, 5) is 11.6. The van der Waals surface area contributed by atoms with Gasteiger partial charge in [-0.05, 0) is 37.1 Å². The highest BCUT2D eigenvalue weighted by atomic mass is 19.4. The number of anilines is 1. The summed E-state index contributed by atoms with van der Waals surface area (Å²) in [5, 5.41) is 2.53. The van der Waals surface area contributed by atoms with E-state index in [1.54, 1.807) is 0 Å². The van der Waals surface area contributed by atoms with Crippen molar-refractivity contribution < 1.29 is 22.7 Å². The molecule has 98 valence electrons. The van der Waals surface area contributed by atoms with E-state index in [2.05, 4.69) is 5.32 Å². The van der Waals surface area contributed by atoms with Crippen LogP contribution < -0.4 is 5.32 Å². The number of ether oxygens (including phenoxy) is 1. The van der Waals surface area contributed by atoms with E-state index in [0.29, 0.717) is 18.7 Å². The standard InChI is InChI=1S/C12H12F3NO2/c13-12(14,15)8-3-5-9(6-4-8)16-11(17)10-2-1-7-18-10/h3-6,10H,1-2,7H2,(H,16,17)/t10-/m1/s1. The summed E-state index contributed by atoms with van der Waals surface area (Å²) in [5.41, 5.74) is -0.402. The van der Waals surface area contributed by atoms with Crippen LogP contribution in [0.5, 0.6) is 0 Å². The summed E-state index contributed by atoms with van der Waals surface area (Å²) in [6.07, 6.45) is -3.39. The Morgan fingerprint density at radius 1 is 1.28 bits per heavy atom. The van der Waals surface area contributed by atoms with Crippen LogP contribution >= 0.6 is 0 Å². The third kappa shape index (κ3) is 3.01. The van der Waals surface area contributed by atoms with Crippen LogP contribution in [0.25, 0.3) is 0 Å². The molecule has 1 saturated heterocycles. The fraction of sp³-hybridized carbons (Fsp3) is 0.417. The Morgan fingerprint density at radius 3 is 2.44 bits per heavy atom. The molecule has 3 nitrogen and oxygen atoms in total. The van der Waals surface area contributed by atoms with Gasteiger partial charge in [0.25, 0.3) is 5.91 Å². The van der Waals surface area contributed by atoms with Gasteiger partial charge in [-0.3, -0.25) is 4.79 Å². The highest BCUT2D eigenvalue weighted by Crippen LogP contribution is 2.29. The molecule has 18 heavy (non-hydrogen) atoms. The van der Waals surface area contributed by atoms with Crippen molar-refractivity contribution in [1.29, 1.82) is 0 Å². The molecule has 0 aliphatic carbocycles. The third-order valence-corrected chi connectivity index (χ3v) is 2.70. The molecule has 1 N–H and O–H groups in total. The predicted octanol–water partition coefficient (Wildman–Crippen LogP) is 2.82. The van der Waals surface area contributed by atoms with E-state index >= 15 is 0 Å². The number of halogens is 3. The summed E-state index contributed by atoms with van der Waals surface area (Å²) in [6, 6.07) is 4.33. The van der Waals surface area contributed by atoms with Crippen molar-refractivity contribution in [3.05, 3.63) is 29.8 Å². The number of alkyl halides is 3. The molecule has 1 aromatic rings. The molecule has 1 fully saturated rings.